The summed E-state index contributed by atoms with van der Waals surface area (Å²) in [6.45, 7) is 16.4. The molecule has 1 heterocycles. The van der Waals surface area contributed by atoms with E-state index in [0.717, 1.165) is 0 Å². The molecule has 0 aliphatic carbocycles. The Balaban J connectivity index is 3.64. The van der Waals surface area contributed by atoms with Crippen molar-refractivity contribution in [1.29, 1.82) is 0 Å². The van der Waals surface area contributed by atoms with Crippen molar-refractivity contribution in [3.63, 3.8) is 0 Å². The smallest absolute Gasteiger partial charge is 0.312 e. The van der Waals surface area contributed by atoms with Crippen LogP contribution in [-0.2, 0) is 9.53 Å². The molecule has 0 saturated heterocycles. The van der Waals surface area contributed by atoms with E-state index >= 15 is 0 Å². The highest BCUT2D eigenvalue weighted by Gasteiger charge is 2.64. The van der Waals surface area contributed by atoms with Gasteiger partial charge in [0.2, 0.25) is 0 Å². The molecule has 1 aliphatic rings. The van der Waals surface area contributed by atoms with E-state index < -0.39 is 23.4 Å². The molecule has 0 radical (unpaired) electrons. The SMILES string of the molecule is COC(=O)[C@@H]1C=C[C@H](C)[P@](Cl)C1([Si](C)(C)C)[Si](C)(C)C. The molecule has 0 saturated carbocycles. The first kappa shape index (κ1) is 18.4. The second-order valence-corrected chi connectivity index (χ2v) is 22.9. The molecule has 2 nitrogen and oxygen atoms in total. The van der Waals surface area contributed by atoms with Gasteiger partial charge in [-0.2, -0.15) is 0 Å². The first-order valence-electron chi connectivity index (χ1n) is 7.12. The van der Waals surface area contributed by atoms with Crippen molar-refractivity contribution < 1.29 is 9.53 Å². The molecule has 116 valence electrons. The highest BCUT2D eigenvalue weighted by molar-refractivity contribution is 7.90. The minimum atomic E-state index is -1.68. The van der Waals surface area contributed by atoms with Crippen LogP contribution in [0.25, 0.3) is 0 Å². The van der Waals surface area contributed by atoms with Crippen LogP contribution in [0, 0.1) is 5.92 Å². The van der Waals surface area contributed by atoms with Gasteiger partial charge in [-0.25, -0.2) is 0 Å². The monoisotopic (exact) mass is 350 g/mol. The number of carbonyl (C=O) groups is 1. The van der Waals surface area contributed by atoms with Gasteiger partial charge >= 0.3 is 5.97 Å². The zero-order valence-electron chi connectivity index (χ0n) is 14.0. The summed E-state index contributed by atoms with van der Waals surface area (Å²) in [5.74, 6) is -0.267. The molecule has 0 N–H and O–H groups in total. The summed E-state index contributed by atoms with van der Waals surface area (Å²) in [7, 11) is -2.62. The summed E-state index contributed by atoms with van der Waals surface area (Å²) in [6.07, 6.45) is 4.22. The number of methoxy groups -OCH3 is 1. The first-order valence-corrected chi connectivity index (χ1v) is 16.4. The summed E-state index contributed by atoms with van der Waals surface area (Å²) in [6, 6.07) is 0. The Morgan fingerprint density at radius 2 is 1.60 bits per heavy atom. The number of ether oxygens (including phenoxy) is 1. The van der Waals surface area contributed by atoms with E-state index in [-0.39, 0.29) is 16.3 Å². The van der Waals surface area contributed by atoms with Crippen LogP contribution in [-0.4, -0.2) is 39.3 Å². The summed E-state index contributed by atoms with van der Waals surface area (Å²) in [4.78, 5) is 12.5. The summed E-state index contributed by atoms with van der Waals surface area (Å²) in [5.41, 5.74) is 0.367. The average Bonchev–Trinajstić information content (AvgIpc) is 2.28. The van der Waals surface area contributed by atoms with E-state index in [2.05, 4.69) is 58.4 Å². The molecule has 3 atom stereocenters. The van der Waals surface area contributed by atoms with Crippen molar-refractivity contribution in [3.05, 3.63) is 12.2 Å². The fraction of sp³-hybridized carbons (Fsp3) is 0.786. The van der Waals surface area contributed by atoms with Crippen molar-refractivity contribution in [2.45, 2.75) is 56.3 Å². The summed E-state index contributed by atoms with van der Waals surface area (Å²) < 4.78 is 5.10. The lowest BCUT2D eigenvalue weighted by Crippen LogP contribution is -2.70. The van der Waals surface area contributed by atoms with Gasteiger partial charge in [0, 0.05) is 10.1 Å². The van der Waals surface area contributed by atoms with Gasteiger partial charge in [-0.1, -0.05) is 69.6 Å². The standard InChI is InChI=1S/C14H28ClO2PSi2/c1-11-9-10-12(13(16)17-2)14(18(11)15,19(3,4)5)20(6,7)8/h9-12H,1-8H3/t11-,12-,18-/m0/s1. The molecule has 0 spiro atoms. The third kappa shape index (κ3) is 2.69. The quantitative estimate of drug-likeness (QED) is 0.314. The molecule has 20 heavy (non-hydrogen) atoms. The summed E-state index contributed by atoms with van der Waals surface area (Å²) >= 11 is 7.03. The maximum absolute atomic E-state index is 12.5. The topological polar surface area (TPSA) is 26.3 Å². The lowest BCUT2D eigenvalue weighted by atomic mass is 10.1. The number of halogens is 1. The van der Waals surface area contributed by atoms with Crippen LogP contribution in [0.1, 0.15) is 6.92 Å². The van der Waals surface area contributed by atoms with Crippen molar-refractivity contribution in [1.82, 2.24) is 0 Å². The van der Waals surface area contributed by atoms with Gasteiger partial charge in [-0.3, -0.25) is 4.79 Å². The average molecular weight is 351 g/mol. The fourth-order valence-electron chi connectivity index (χ4n) is 4.02. The zero-order valence-corrected chi connectivity index (χ0v) is 17.6. The Kier molecular flexibility index (Phi) is 5.40. The zero-order chi connectivity index (χ0) is 15.9. The van der Waals surface area contributed by atoms with Gasteiger partial charge in [0.05, 0.1) is 29.2 Å². The van der Waals surface area contributed by atoms with Crippen LogP contribution < -0.4 is 0 Å². The third-order valence-electron chi connectivity index (χ3n) is 4.47. The molecular weight excluding hydrogens is 323 g/mol. The predicted octanol–water partition coefficient (Wildman–Crippen LogP) is 4.86. The number of hydrogen-bond donors (Lipinski definition) is 0. The highest BCUT2D eigenvalue weighted by atomic mass is 35.7. The maximum atomic E-state index is 12.5. The van der Waals surface area contributed by atoms with E-state index in [1.807, 2.05) is 0 Å². The number of esters is 1. The van der Waals surface area contributed by atoms with E-state index in [0.29, 0.717) is 5.66 Å². The Morgan fingerprint density at radius 3 is 1.95 bits per heavy atom. The molecule has 0 amide bonds. The lowest BCUT2D eigenvalue weighted by Gasteiger charge is -2.59. The largest absolute Gasteiger partial charge is 0.469 e. The second kappa shape index (κ2) is 5.87. The Labute approximate surface area is 131 Å². The van der Waals surface area contributed by atoms with Gasteiger partial charge < -0.3 is 4.74 Å². The number of carbonyl (C=O) groups excluding carboxylic acids is 1. The lowest BCUT2D eigenvalue weighted by molar-refractivity contribution is -0.143. The fourth-order valence-corrected chi connectivity index (χ4v) is 28.1. The van der Waals surface area contributed by atoms with Gasteiger partial charge in [-0.05, 0) is 7.27 Å². The van der Waals surface area contributed by atoms with Gasteiger partial charge in [0.15, 0.2) is 0 Å². The van der Waals surface area contributed by atoms with E-state index in [4.69, 9.17) is 16.0 Å². The maximum Gasteiger partial charge on any atom is 0.312 e. The van der Waals surface area contributed by atoms with E-state index in [1.165, 1.54) is 7.11 Å². The highest BCUT2D eigenvalue weighted by Crippen LogP contribution is 2.70. The Hall–Kier alpha value is 0.364. The van der Waals surface area contributed by atoms with Crippen molar-refractivity contribution >= 4 is 40.6 Å². The van der Waals surface area contributed by atoms with Crippen LogP contribution in [0.2, 0.25) is 39.3 Å². The molecule has 0 fully saturated rings. The Morgan fingerprint density at radius 1 is 1.15 bits per heavy atom. The normalized spacial score (nSPS) is 30.1. The molecule has 6 heteroatoms. The Bertz CT molecular complexity index is 398. The number of hydrogen-bond acceptors (Lipinski definition) is 2. The molecule has 0 aromatic heterocycles. The van der Waals surface area contributed by atoms with Crippen LogP contribution in [0.4, 0.5) is 0 Å². The van der Waals surface area contributed by atoms with Crippen LogP contribution in [0.15, 0.2) is 12.2 Å². The van der Waals surface area contributed by atoms with Crippen molar-refractivity contribution in [2.24, 2.45) is 5.92 Å². The van der Waals surface area contributed by atoms with Crippen molar-refractivity contribution in [2.75, 3.05) is 7.11 Å². The molecule has 1 aliphatic heterocycles. The van der Waals surface area contributed by atoms with Gasteiger partial charge in [-0.15, -0.1) is 0 Å². The van der Waals surface area contributed by atoms with Gasteiger partial charge in [0.25, 0.3) is 0 Å². The van der Waals surface area contributed by atoms with E-state index in [1.54, 1.807) is 0 Å². The van der Waals surface area contributed by atoms with Gasteiger partial charge in [0.1, 0.15) is 0 Å². The summed E-state index contributed by atoms with van der Waals surface area (Å²) in [5, 5.41) is 0. The van der Waals surface area contributed by atoms with E-state index in [9.17, 15) is 4.79 Å². The second-order valence-electron chi connectivity index (χ2n) is 7.70. The van der Waals surface area contributed by atoms with Crippen LogP contribution >= 0.6 is 18.5 Å². The molecule has 1 rings (SSSR count). The third-order valence-corrected chi connectivity index (χ3v) is 24.0. The number of rotatable bonds is 3. The minimum Gasteiger partial charge on any atom is -0.469 e. The minimum absolute atomic E-state index is 0.0296. The molecular formula is C14H28ClO2PSi2. The van der Waals surface area contributed by atoms with Crippen LogP contribution in [0.5, 0.6) is 0 Å². The van der Waals surface area contributed by atoms with Crippen LogP contribution in [0.3, 0.4) is 0 Å². The predicted molar refractivity (Wildman–Crippen MR) is 96.3 cm³/mol. The number of allylic oxidation sites excluding steroid dienone is 1. The first-order chi connectivity index (χ1) is 8.91. The molecule has 0 bridgehead atoms. The molecule has 0 aromatic rings. The molecule has 0 aromatic carbocycles. The van der Waals surface area contributed by atoms with Crippen molar-refractivity contribution in [3.8, 4) is 0 Å². The molecule has 0 unspecified atom stereocenters.